The van der Waals surface area contributed by atoms with E-state index in [1.165, 1.54) is 54.9 Å². The van der Waals surface area contributed by atoms with Crippen molar-refractivity contribution < 1.29 is 4.42 Å². The zero-order valence-corrected chi connectivity index (χ0v) is 32.7. The van der Waals surface area contributed by atoms with Gasteiger partial charge in [-0.15, -0.1) is 0 Å². The van der Waals surface area contributed by atoms with Gasteiger partial charge in [0, 0.05) is 44.3 Å². The molecule has 8 aromatic carbocycles. The first-order chi connectivity index (χ1) is 29.7. The van der Waals surface area contributed by atoms with Crippen molar-refractivity contribution in [1.82, 2.24) is 19.5 Å². The molecule has 2 aliphatic rings. The van der Waals surface area contributed by atoms with E-state index in [4.69, 9.17) is 19.4 Å². The number of benzene rings is 8. The Hall–Kier alpha value is -7.63. The average Bonchev–Trinajstić information content (AvgIpc) is 3.86. The fourth-order valence-corrected chi connectivity index (χ4v) is 10.1. The molecule has 0 unspecified atom stereocenters. The Bertz CT molecular complexity index is 3610. The highest BCUT2D eigenvalue weighted by Gasteiger charge is 2.34. The number of aromatic nitrogens is 4. The van der Waals surface area contributed by atoms with Crippen molar-refractivity contribution in [3.8, 4) is 33.9 Å². The molecule has 0 saturated heterocycles. The maximum atomic E-state index is 7.06. The molecule has 3 aromatic heterocycles. The lowest BCUT2D eigenvalue weighted by Gasteiger charge is -2.25. The standard InChI is InChI=1S/C55H36N4O/c1-2-15-34(16-3-1)53-56-54(58-55(57-53)45-31-37-19-7-8-20-38(37)40-22-10-11-23-41(40)45)44-28-27-43-42-24-12-13-25-49(42)60-52(43)51(44)59-47-29-26-33-14-6-9-21-39(33)50(47)46-30-35-17-4-5-18-36(35)32-48(46)59/h1-25,30-32H,26-29H2. The minimum absolute atomic E-state index is 0.648. The monoisotopic (exact) mass is 768 g/mol. The van der Waals surface area contributed by atoms with Crippen LogP contribution in [0.5, 0.6) is 0 Å². The number of hydrogen-bond acceptors (Lipinski definition) is 4. The van der Waals surface area contributed by atoms with Crippen LogP contribution < -0.4 is 0 Å². The van der Waals surface area contributed by atoms with E-state index in [0.717, 1.165) is 81.1 Å². The van der Waals surface area contributed by atoms with Gasteiger partial charge in [-0.05, 0) is 93.4 Å². The van der Waals surface area contributed by atoms with Gasteiger partial charge in [0.05, 0.1) is 11.2 Å². The van der Waals surface area contributed by atoms with Crippen LogP contribution in [0.1, 0.15) is 34.8 Å². The van der Waals surface area contributed by atoms with Crippen molar-refractivity contribution >= 4 is 65.5 Å². The van der Waals surface area contributed by atoms with E-state index in [9.17, 15) is 0 Å². The number of allylic oxidation sites excluding steroid dienone is 1. The van der Waals surface area contributed by atoms with Crippen molar-refractivity contribution in [2.24, 2.45) is 0 Å². The van der Waals surface area contributed by atoms with E-state index in [1.54, 1.807) is 0 Å². The van der Waals surface area contributed by atoms with Gasteiger partial charge in [0.2, 0.25) is 0 Å². The van der Waals surface area contributed by atoms with E-state index in [2.05, 4.69) is 168 Å². The molecule has 5 heteroatoms. The highest BCUT2D eigenvalue weighted by atomic mass is 16.3. The molecule has 3 heterocycles. The van der Waals surface area contributed by atoms with Crippen LogP contribution in [0.3, 0.4) is 0 Å². The van der Waals surface area contributed by atoms with Gasteiger partial charge in [-0.25, -0.2) is 15.0 Å². The quantitative estimate of drug-likeness (QED) is 0.167. The largest absolute Gasteiger partial charge is 0.454 e. The number of hydrogen-bond donors (Lipinski definition) is 0. The van der Waals surface area contributed by atoms with Gasteiger partial charge in [-0.3, -0.25) is 0 Å². The van der Waals surface area contributed by atoms with Gasteiger partial charge in [-0.1, -0.05) is 146 Å². The van der Waals surface area contributed by atoms with Crippen LogP contribution in [-0.2, 0) is 19.3 Å². The molecule has 0 fully saturated rings. The third-order valence-corrected chi connectivity index (χ3v) is 12.8. The Morgan fingerprint density at radius 1 is 0.450 bits per heavy atom. The predicted octanol–water partition coefficient (Wildman–Crippen LogP) is 13.5. The fourth-order valence-electron chi connectivity index (χ4n) is 10.1. The molecule has 0 radical (unpaired) electrons. The summed E-state index contributed by atoms with van der Waals surface area (Å²) in [5.74, 6) is 2.87. The van der Waals surface area contributed by atoms with Crippen molar-refractivity contribution in [3.63, 3.8) is 0 Å². The van der Waals surface area contributed by atoms with Crippen molar-refractivity contribution in [1.29, 1.82) is 0 Å². The topological polar surface area (TPSA) is 56.7 Å². The molecule has 11 aromatic rings. The predicted molar refractivity (Wildman–Crippen MR) is 245 cm³/mol. The zero-order valence-electron chi connectivity index (χ0n) is 32.7. The van der Waals surface area contributed by atoms with Crippen LogP contribution in [0.25, 0.3) is 99.4 Å². The summed E-state index contributed by atoms with van der Waals surface area (Å²) in [4.78, 5) is 16.3. The first-order valence-corrected chi connectivity index (χ1v) is 20.9. The summed E-state index contributed by atoms with van der Waals surface area (Å²) in [6, 6.07) is 60.7. The number of fused-ring (bicyclic) bond motifs is 12. The molecule has 0 atom stereocenters. The van der Waals surface area contributed by atoms with Crippen LogP contribution >= 0.6 is 0 Å². The lowest BCUT2D eigenvalue weighted by atomic mass is 9.87. The highest BCUT2D eigenvalue weighted by Crippen LogP contribution is 2.49. The van der Waals surface area contributed by atoms with E-state index < -0.39 is 0 Å². The number of rotatable bonds is 4. The molecular weight excluding hydrogens is 733 g/mol. The smallest absolute Gasteiger partial charge is 0.164 e. The van der Waals surface area contributed by atoms with E-state index in [-0.39, 0.29) is 0 Å². The molecule has 0 amide bonds. The molecular formula is C55H36N4O. The number of para-hydroxylation sites is 1. The van der Waals surface area contributed by atoms with Crippen LogP contribution in [0.4, 0.5) is 0 Å². The third-order valence-electron chi connectivity index (χ3n) is 12.8. The summed E-state index contributed by atoms with van der Waals surface area (Å²) in [5, 5.41) is 9.49. The second kappa shape index (κ2) is 12.9. The fraction of sp³-hybridized carbons (Fsp3) is 0.0727. The van der Waals surface area contributed by atoms with Gasteiger partial charge < -0.3 is 8.98 Å². The molecule has 0 bridgehead atoms. The van der Waals surface area contributed by atoms with Crippen LogP contribution in [-0.4, -0.2) is 19.5 Å². The first kappa shape index (κ1) is 33.4. The second-order valence-corrected chi connectivity index (χ2v) is 16.1. The Morgan fingerprint density at radius 2 is 1.12 bits per heavy atom. The molecule has 2 aliphatic carbocycles. The molecule has 0 aliphatic heterocycles. The average molecular weight is 769 g/mol. The Labute approximate surface area is 345 Å². The Morgan fingerprint density at radius 3 is 1.98 bits per heavy atom. The summed E-state index contributed by atoms with van der Waals surface area (Å²) in [5.41, 5.74) is 12.6. The number of aryl methyl sites for hydroxylation is 2. The van der Waals surface area contributed by atoms with Crippen molar-refractivity contribution in [2.75, 3.05) is 0 Å². The summed E-state index contributed by atoms with van der Waals surface area (Å²) in [6.07, 6.45) is 3.39. The molecule has 282 valence electrons. The van der Waals surface area contributed by atoms with Crippen LogP contribution in [0.2, 0.25) is 0 Å². The van der Waals surface area contributed by atoms with Crippen LogP contribution in [0.15, 0.2) is 174 Å². The Balaban J connectivity index is 1.17. The van der Waals surface area contributed by atoms with Crippen molar-refractivity contribution in [2.45, 2.75) is 25.7 Å². The van der Waals surface area contributed by atoms with Gasteiger partial charge in [0.25, 0.3) is 0 Å². The van der Waals surface area contributed by atoms with Gasteiger partial charge in [-0.2, -0.15) is 0 Å². The summed E-state index contributed by atoms with van der Waals surface area (Å²) < 4.78 is 9.59. The van der Waals surface area contributed by atoms with E-state index in [0.29, 0.717) is 17.5 Å². The summed E-state index contributed by atoms with van der Waals surface area (Å²) in [7, 11) is 0. The van der Waals surface area contributed by atoms with Gasteiger partial charge in [0.15, 0.2) is 23.2 Å². The van der Waals surface area contributed by atoms with E-state index >= 15 is 0 Å². The maximum Gasteiger partial charge on any atom is 0.164 e. The molecule has 0 N–H and O–H groups in total. The van der Waals surface area contributed by atoms with Crippen LogP contribution in [0, 0.1) is 0 Å². The molecule has 0 spiro atoms. The number of nitrogens with zero attached hydrogens (tertiary/aromatic N) is 4. The molecule has 0 saturated carbocycles. The molecule has 60 heavy (non-hydrogen) atoms. The maximum absolute atomic E-state index is 7.06. The highest BCUT2D eigenvalue weighted by molar-refractivity contribution is 6.14. The lowest BCUT2D eigenvalue weighted by Crippen LogP contribution is -2.15. The summed E-state index contributed by atoms with van der Waals surface area (Å²) >= 11 is 0. The Kier molecular flexibility index (Phi) is 7.19. The normalized spacial score (nSPS) is 13.7. The van der Waals surface area contributed by atoms with E-state index in [1.807, 2.05) is 6.07 Å². The number of furan rings is 1. The minimum Gasteiger partial charge on any atom is -0.454 e. The second-order valence-electron chi connectivity index (χ2n) is 16.1. The van der Waals surface area contributed by atoms with Crippen molar-refractivity contribution in [3.05, 3.63) is 198 Å². The summed E-state index contributed by atoms with van der Waals surface area (Å²) in [6.45, 7) is 0. The lowest BCUT2D eigenvalue weighted by molar-refractivity contribution is 0.584. The first-order valence-electron chi connectivity index (χ1n) is 20.9. The minimum atomic E-state index is 0.648. The molecule has 13 rings (SSSR count). The zero-order chi connectivity index (χ0) is 39.3. The third kappa shape index (κ3) is 4.96. The SMILES string of the molecule is c1ccc(-c2nc(C3=C(n4c5c(c6cc7ccccc7cc64)-c4ccccc4CC5)c4oc5ccccc5c4CC3)nc(-c3cc4ccccc4c4ccccc34)n2)cc1. The molecule has 5 nitrogen and oxygen atoms in total. The van der Waals surface area contributed by atoms with Gasteiger partial charge in [0.1, 0.15) is 5.58 Å². The van der Waals surface area contributed by atoms with Gasteiger partial charge >= 0.3 is 0 Å².